The van der Waals surface area contributed by atoms with Crippen molar-refractivity contribution in [3.05, 3.63) is 34.4 Å². The molecule has 0 saturated heterocycles. The molecule has 2 aromatic rings. The summed E-state index contributed by atoms with van der Waals surface area (Å²) >= 11 is 12.1. The zero-order valence-corrected chi connectivity index (χ0v) is 10.1. The maximum Gasteiger partial charge on any atom is 0.0514 e. The van der Waals surface area contributed by atoms with Crippen LogP contribution in [0.1, 0.15) is 19.8 Å². The Kier molecular flexibility index (Phi) is 3.22. The summed E-state index contributed by atoms with van der Waals surface area (Å²) in [6.45, 7) is 3.21. The Bertz CT molecular complexity index is 474. The molecule has 0 aliphatic rings. The van der Waals surface area contributed by atoms with Crippen LogP contribution in [0.2, 0.25) is 10.0 Å². The molecule has 0 atom stereocenters. The lowest BCUT2D eigenvalue weighted by molar-refractivity contribution is 0.650. The highest BCUT2D eigenvalue weighted by molar-refractivity contribution is 6.38. The Hall–Kier alpha value is -0.660. The Labute approximate surface area is 99.6 Å². The van der Waals surface area contributed by atoms with Gasteiger partial charge in [-0.2, -0.15) is 0 Å². The fourth-order valence-corrected chi connectivity index (χ4v) is 2.29. The van der Waals surface area contributed by atoms with E-state index in [4.69, 9.17) is 23.2 Å². The van der Waals surface area contributed by atoms with Crippen LogP contribution in [0.3, 0.4) is 0 Å². The zero-order valence-electron chi connectivity index (χ0n) is 8.63. The van der Waals surface area contributed by atoms with Crippen LogP contribution in [0, 0.1) is 0 Å². The molecule has 0 amide bonds. The van der Waals surface area contributed by atoms with Crippen LogP contribution in [0.15, 0.2) is 24.4 Å². The van der Waals surface area contributed by atoms with Crippen LogP contribution in [-0.2, 0) is 6.54 Å². The second kappa shape index (κ2) is 4.46. The quantitative estimate of drug-likeness (QED) is 0.732. The smallest absolute Gasteiger partial charge is 0.0514 e. The molecule has 0 aliphatic carbocycles. The molecule has 0 bridgehead atoms. The SMILES string of the molecule is CCCCn1ccc2c(Cl)cc(Cl)cc21. The zero-order chi connectivity index (χ0) is 10.8. The first-order valence-corrected chi connectivity index (χ1v) is 5.92. The lowest BCUT2D eigenvalue weighted by Gasteiger charge is -2.04. The van der Waals surface area contributed by atoms with E-state index in [2.05, 4.69) is 17.7 Å². The number of rotatable bonds is 3. The predicted octanol–water partition coefficient (Wildman–Crippen LogP) is 4.75. The van der Waals surface area contributed by atoms with Gasteiger partial charge in [0.25, 0.3) is 0 Å². The van der Waals surface area contributed by atoms with E-state index < -0.39 is 0 Å². The first-order valence-electron chi connectivity index (χ1n) is 5.16. The largest absolute Gasteiger partial charge is 0.347 e. The number of aromatic nitrogens is 1. The standard InChI is InChI=1S/C12H13Cl2N/c1-2-3-5-15-6-4-10-11(14)7-9(13)8-12(10)15/h4,6-8H,2-3,5H2,1H3. The van der Waals surface area contributed by atoms with E-state index in [0.717, 1.165) is 22.5 Å². The number of nitrogens with zero attached hydrogens (tertiary/aromatic N) is 1. The molecule has 0 radical (unpaired) electrons. The molecule has 0 spiro atoms. The van der Waals surface area contributed by atoms with Crippen molar-refractivity contribution < 1.29 is 0 Å². The molecule has 1 heterocycles. The van der Waals surface area contributed by atoms with E-state index >= 15 is 0 Å². The Morgan fingerprint density at radius 1 is 1.27 bits per heavy atom. The van der Waals surface area contributed by atoms with Crippen molar-refractivity contribution in [2.75, 3.05) is 0 Å². The first kappa shape index (κ1) is 10.8. The van der Waals surface area contributed by atoms with E-state index in [9.17, 15) is 0 Å². The van der Waals surface area contributed by atoms with Gasteiger partial charge in [0.05, 0.1) is 10.5 Å². The van der Waals surface area contributed by atoms with E-state index in [0.29, 0.717) is 5.02 Å². The highest BCUT2D eigenvalue weighted by Crippen LogP contribution is 2.28. The van der Waals surface area contributed by atoms with Crippen LogP contribution < -0.4 is 0 Å². The monoisotopic (exact) mass is 241 g/mol. The van der Waals surface area contributed by atoms with Gasteiger partial charge in [0.2, 0.25) is 0 Å². The lowest BCUT2D eigenvalue weighted by atomic mass is 10.2. The van der Waals surface area contributed by atoms with Crippen molar-refractivity contribution in [3.63, 3.8) is 0 Å². The number of benzene rings is 1. The average molecular weight is 242 g/mol. The van der Waals surface area contributed by atoms with Crippen LogP contribution in [0.25, 0.3) is 10.9 Å². The van der Waals surface area contributed by atoms with E-state index in [-0.39, 0.29) is 0 Å². The summed E-state index contributed by atoms with van der Waals surface area (Å²) in [4.78, 5) is 0. The highest BCUT2D eigenvalue weighted by Gasteiger charge is 2.05. The molecule has 0 fully saturated rings. The van der Waals surface area contributed by atoms with Crippen LogP contribution in [0.4, 0.5) is 0 Å². The van der Waals surface area contributed by atoms with Crippen LogP contribution in [-0.4, -0.2) is 4.57 Å². The summed E-state index contributed by atoms with van der Waals surface area (Å²) in [7, 11) is 0. The van der Waals surface area contributed by atoms with Crippen molar-refractivity contribution in [1.82, 2.24) is 4.57 Å². The van der Waals surface area contributed by atoms with Gasteiger partial charge in [0, 0.05) is 23.2 Å². The maximum absolute atomic E-state index is 6.11. The second-order valence-electron chi connectivity index (χ2n) is 3.68. The molecular formula is C12H13Cl2N. The third-order valence-corrected chi connectivity index (χ3v) is 3.09. The molecule has 1 aromatic carbocycles. The Morgan fingerprint density at radius 2 is 2.07 bits per heavy atom. The van der Waals surface area contributed by atoms with Crippen molar-refractivity contribution in [2.45, 2.75) is 26.3 Å². The molecular weight excluding hydrogens is 229 g/mol. The van der Waals surface area contributed by atoms with Gasteiger partial charge >= 0.3 is 0 Å². The summed E-state index contributed by atoms with van der Waals surface area (Å²) in [5.41, 5.74) is 1.13. The van der Waals surface area contributed by atoms with Gasteiger partial charge in [0.1, 0.15) is 0 Å². The summed E-state index contributed by atoms with van der Waals surface area (Å²) in [6.07, 6.45) is 4.43. The van der Waals surface area contributed by atoms with Gasteiger partial charge < -0.3 is 4.57 Å². The fourth-order valence-electron chi connectivity index (χ4n) is 1.74. The summed E-state index contributed by atoms with van der Waals surface area (Å²) in [6, 6.07) is 5.80. The Balaban J connectivity index is 2.49. The molecule has 3 heteroatoms. The molecule has 15 heavy (non-hydrogen) atoms. The van der Waals surface area contributed by atoms with E-state index in [1.165, 1.54) is 12.8 Å². The van der Waals surface area contributed by atoms with Gasteiger partial charge in [-0.25, -0.2) is 0 Å². The third-order valence-electron chi connectivity index (χ3n) is 2.56. The van der Waals surface area contributed by atoms with Gasteiger partial charge in [-0.05, 0) is 24.6 Å². The number of hydrogen-bond acceptors (Lipinski definition) is 0. The van der Waals surface area contributed by atoms with Crippen LogP contribution >= 0.6 is 23.2 Å². The summed E-state index contributed by atoms with van der Waals surface area (Å²) in [5.74, 6) is 0. The number of halogens is 2. The number of aryl methyl sites for hydroxylation is 1. The molecule has 0 N–H and O–H groups in total. The normalized spacial score (nSPS) is 11.1. The molecule has 0 unspecified atom stereocenters. The summed E-state index contributed by atoms with van der Waals surface area (Å²) in [5, 5.41) is 2.51. The van der Waals surface area contributed by atoms with Gasteiger partial charge in [-0.3, -0.25) is 0 Å². The number of unbranched alkanes of at least 4 members (excludes halogenated alkanes) is 1. The first-order chi connectivity index (χ1) is 7.22. The Morgan fingerprint density at radius 3 is 2.80 bits per heavy atom. The minimum Gasteiger partial charge on any atom is -0.347 e. The molecule has 1 aromatic heterocycles. The molecule has 80 valence electrons. The maximum atomic E-state index is 6.11. The molecule has 1 nitrogen and oxygen atoms in total. The van der Waals surface area contributed by atoms with E-state index in [1.54, 1.807) is 6.07 Å². The van der Waals surface area contributed by atoms with Gasteiger partial charge in [-0.1, -0.05) is 36.5 Å². The molecule has 0 saturated carbocycles. The van der Waals surface area contributed by atoms with Crippen molar-refractivity contribution >= 4 is 34.1 Å². The van der Waals surface area contributed by atoms with Gasteiger partial charge in [-0.15, -0.1) is 0 Å². The lowest BCUT2D eigenvalue weighted by Crippen LogP contribution is -1.94. The van der Waals surface area contributed by atoms with E-state index in [1.807, 2.05) is 12.1 Å². The van der Waals surface area contributed by atoms with Crippen molar-refractivity contribution in [3.8, 4) is 0 Å². The molecule has 2 rings (SSSR count). The summed E-state index contributed by atoms with van der Waals surface area (Å²) < 4.78 is 2.20. The minimum atomic E-state index is 0.698. The number of fused-ring (bicyclic) bond motifs is 1. The van der Waals surface area contributed by atoms with Crippen LogP contribution in [0.5, 0.6) is 0 Å². The second-order valence-corrected chi connectivity index (χ2v) is 4.53. The predicted molar refractivity (Wildman–Crippen MR) is 66.9 cm³/mol. The van der Waals surface area contributed by atoms with Crippen molar-refractivity contribution in [2.24, 2.45) is 0 Å². The van der Waals surface area contributed by atoms with Gasteiger partial charge in [0.15, 0.2) is 0 Å². The minimum absolute atomic E-state index is 0.698. The molecule has 0 aliphatic heterocycles. The fraction of sp³-hybridized carbons (Fsp3) is 0.333. The topological polar surface area (TPSA) is 4.93 Å². The van der Waals surface area contributed by atoms with Crippen molar-refractivity contribution in [1.29, 1.82) is 0 Å². The average Bonchev–Trinajstić information content (AvgIpc) is 2.58. The highest BCUT2D eigenvalue weighted by atomic mass is 35.5. The number of hydrogen-bond donors (Lipinski definition) is 0. The third kappa shape index (κ3) is 2.14.